The van der Waals surface area contributed by atoms with Crippen molar-refractivity contribution in [3.63, 3.8) is 0 Å². The maximum absolute atomic E-state index is 10.3. The van der Waals surface area contributed by atoms with Gasteiger partial charge in [0.05, 0.1) is 17.8 Å². The maximum atomic E-state index is 10.3. The summed E-state index contributed by atoms with van der Waals surface area (Å²) in [4.78, 5) is 0. The van der Waals surface area contributed by atoms with Crippen LogP contribution in [0.15, 0.2) is 23.8 Å². The SMILES string of the molecule is C=C(CCC1(C)OC2C3CC1C21CCC2C(=CCC4CC(O)CCC42C)C31)C(C)C. The van der Waals surface area contributed by atoms with Gasteiger partial charge < -0.3 is 9.84 Å². The first-order chi connectivity index (χ1) is 14.2. The van der Waals surface area contributed by atoms with E-state index in [4.69, 9.17) is 4.74 Å². The van der Waals surface area contributed by atoms with Gasteiger partial charge in [-0.15, -0.1) is 0 Å². The number of fused-ring (bicyclic) bond motifs is 3. The number of ether oxygens (including phenoxy) is 1. The van der Waals surface area contributed by atoms with Gasteiger partial charge in [0.2, 0.25) is 0 Å². The zero-order valence-corrected chi connectivity index (χ0v) is 19.6. The molecule has 0 radical (unpaired) electrons. The van der Waals surface area contributed by atoms with Crippen molar-refractivity contribution in [3.8, 4) is 0 Å². The molecule has 1 saturated heterocycles. The standard InChI is InChI=1S/C28H42O2/c1-16(2)17(3)8-12-27(5)23-15-21-24-20-7-6-18-14-19(29)9-11-26(18,4)22(20)10-13-28(23,24)25(21)30-27/h7,16,18-19,21-25,29H,3,6,8-15H2,1-2,4-5H3. The second kappa shape index (κ2) is 6.25. The fourth-order valence-corrected chi connectivity index (χ4v) is 9.80. The Kier molecular flexibility index (Phi) is 4.18. The predicted octanol–water partition coefficient (Wildman–Crippen LogP) is 6.30. The average molecular weight is 411 g/mol. The molecule has 0 aromatic heterocycles. The molecule has 0 aromatic carbocycles. The van der Waals surface area contributed by atoms with Gasteiger partial charge in [0, 0.05) is 5.41 Å². The monoisotopic (exact) mass is 410 g/mol. The number of aliphatic hydroxyl groups is 1. The normalized spacial score (nSPS) is 55.4. The Morgan fingerprint density at radius 2 is 2.03 bits per heavy atom. The van der Waals surface area contributed by atoms with Crippen molar-refractivity contribution in [1.82, 2.24) is 0 Å². The average Bonchev–Trinajstić information content (AvgIpc) is 3.28. The lowest BCUT2D eigenvalue weighted by molar-refractivity contribution is -0.171. The van der Waals surface area contributed by atoms with Crippen molar-refractivity contribution >= 4 is 0 Å². The van der Waals surface area contributed by atoms with Crippen molar-refractivity contribution in [2.24, 2.45) is 46.3 Å². The highest BCUT2D eigenvalue weighted by Gasteiger charge is 2.81. The Labute approximate surface area is 183 Å². The van der Waals surface area contributed by atoms with E-state index in [1.54, 1.807) is 0 Å². The van der Waals surface area contributed by atoms with Crippen molar-refractivity contribution in [2.75, 3.05) is 0 Å². The number of allylic oxidation sites excluding steroid dienone is 3. The van der Waals surface area contributed by atoms with E-state index in [-0.39, 0.29) is 11.7 Å². The molecule has 7 aliphatic rings. The molecule has 1 aliphatic heterocycles. The van der Waals surface area contributed by atoms with Crippen LogP contribution >= 0.6 is 0 Å². The third-order valence-electron chi connectivity index (χ3n) is 11.5. The third kappa shape index (κ3) is 2.29. The van der Waals surface area contributed by atoms with Crippen LogP contribution in [0.5, 0.6) is 0 Å². The minimum absolute atomic E-state index is 0.0571. The lowest BCUT2D eigenvalue weighted by Gasteiger charge is -2.63. The first-order valence-electron chi connectivity index (χ1n) is 12.9. The number of rotatable bonds is 4. The van der Waals surface area contributed by atoms with Crippen molar-refractivity contribution < 1.29 is 9.84 Å². The molecule has 30 heavy (non-hydrogen) atoms. The van der Waals surface area contributed by atoms with E-state index in [0.717, 1.165) is 49.4 Å². The Hall–Kier alpha value is -0.600. The molecule has 4 bridgehead atoms. The van der Waals surface area contributed by atoms with Gasteiger partial charge in [-0.3, -0.25) is 0 Å². The molecular weight excluding hydrogens is 368 g/mol. The first-order valence-corrected chi connectivity index (χ1v) is 12.9. The minimum atomic E-state index is -0.0571. The number of hydrogen-bond acceptors (Lipinski definition) is 2. The van der Waals surface area contributed by atoms with Gasteiger partial charge in [-0.05, 0) is 106 Å². The van der Waals surface area contributed by atoms with Crippen molar-refractivity contribution in [1.29, 1.82) is 0 Å². The smallest absolute Gasteiger partial charge is 0.0696 e. The van der Waals surface area contributed by atoms with Crippen LogP contribution < -0.4 is 0 Å². The molecular formula is C28H42O2. The fraction of sp³-hybridized carbons (Fsp3) is 0.857. The molecule has 1 spiro atoms. The van der Waals surface area contributed by atoms with Crippen LogP contribution in [0.4, 0.5) is 0 Å². The molecule has 7 rings (SSSR count). The van der Waals surface area contributed by atoms with Crippen LogP contribution in [-0.2, 0) is 4.74 Å². The van der Waals surface area contributed by atoms with Gasteiger partial charge in [-0.1, -0.05) is 44.6 Å². The Morgan fingerprint density at radius 1 is 1.23 bits per heavy atom. The topological polar surface area (TPSA) is 29.5 Å². The van der Waals surface area contributed by atoms with Crippen LogP contribution in [0.25, 0.3) is 0 Å². The lowest BCUT2D eigenvalue weighted by atomic mass is 9.41. The van der Waals surface area contributed by atoms with Crippen LogP contribution in [0.3, 0.4) is 0 Å². The fourth-order valence-electron chi connectivity index (χ4n) is 9.80. The third-order valence-corrected chi connectivity index (χ3v) is 11.5. The van der Waals surface area contributed by atoms with E-state index in [0.29, 0.717) is 28.8 Å². The second-order valence-corrected chi connectivity index (χ2v) is 12.9. The summed E-state index contributed by atoms with van der Waals surface area (Å²) in [5.74, 6) is 4.41. The summed E-state index contributed by atoms with van der Waals surface area (Å²) in [5, 5.41) is 10.3. The highest BCUT2D eigenvalue weighted by Crippen LogP contribution is 2.82. The summed E-state index contributed by atoms with van der Waals surface area (Å²) >= 11 is 0. The summed E-state index contributed by atoms with van der Waals surface area (Å²) in [6.07, 6.45) is 14.1. The molecule has 10 unspecified atom stereocenters. The van der Waals surface area contributed by atoms with E-state index in [1.807, 2.05) is 5.57 Å². The van der Waals surface area contributed by atoms with Gasteiger partial charge in [0.25, 0.3) is 0 Å². The van der Waals surface area contributed by atoms with Crippen LogP contribution in [0.1, 0.15) is 85.5 Å². The minimum Gasteiger partial charge on any atom is -0.393 e. The molecule has 2 heteroatoms. The van der Waals surface area contributed by atoms with Crippen molar-refractivity contribution in [3.05, 3.63) is 23.8 Å². The van der Waals surface area contributed by atoms with Crippen LogP contribution in [0, 0.1) is 46.3 Å². The van der Waals surface area contributed by atoms with E-state index in [2.05, 4.69) is 40.3 Å². The zero-order valence-electron chi connectivity index (χ0n) is 19.6. The second-order valence-electron chi connectivity index (χ2n) is 12.9. The Bertz CT molecular complexity index is 796. The van der Waals surface area contributed by atoms with Gasteiger partial charge in [0.15, 0.2) is 0 Å². The highest BCUT2D eigenvalue weighted by molar-refractivity contribution is 5.39. The highest BCUT2D eigenvalue weighted by atomic mass is 16.5. The number of aliphatic hydroxyl groups excluding tert-OH is 1. The van der Waals surface area contributed by atoms with E-state index in [1.165, 1.54) is 37.7 Å². The van der Waals surface area contributed by atoms with Crippen LogP contribution in [-0.4, -0.2) is 22.9 Å². The summed E-state index contributed by atoms with van der Waals surface area (Å²) in [6.45, 7) is 13.9. The lowest BCUT2D eigenvalue weighted by Crippen LogP contribution is -2.60. The predicted molar refractivity (Wildman–Crippen MR) is 121 cm³/mol. The molecule has 2 nitrogen and oxygen atoms in total. The van der Waals surface area contributed by atoms with Crippen molar-refractivity contribution in [2.45, 2.75) is 103 Å². The quantitative estimate of drug-likeness (QED) is 0.551. The van der Waals surface area contributed by atoms with E-state index in [9.17, 15) is 5.11 Å². The molecule has 166 valence electrons. The largest absolute Gasteiger partial charge is 0.393 e. The summed E-state index contributed by atoms with van der Waals surface area (Å²) in [7, 11) is 0. The Morgan fingerprint density at radius 3 is 2.80 bits per heavy atom. The molecule has 5 saturated carbocycles. The van der Waals surface area contributed by atoms with E-state index >= 15 is 0 Å². The molecule has 6 aliphatic carbocycles. The zero-order chi connectivity index (χ0) is 21.1. The van der Waals surface area contributed by atoms with Gasteiger partial charge in [-0.25, -0.2) is 0 Å². The molecule has 0 aromatic rings. The maximum Gasteiger partial charge on any atom is 0.0696 e. The summed E-state index contributed by atoms with van der Waals surface area (Å²) in [5.41, 5.74) is 4.19. The van der Waals surface area contributed by atoms with Gasteiger partial charge >= 0.3 is 0 Å². The van der Waals surface area contributed by atoms with E-state index < -0.39 is 0 Å². The molecule has 1 heterocycles. The molecule has 0 amide bonds. The Balaban J connectivity index is 1.26. The van der Waals surface area contributed by atoms with Gasteiger partial charge in [0.1, 0.15) is 0 Å². The summed E-state index contributed by atoms with van der Waals surface area (Å²) < 4.78 is 6.92. The molecule has 1 N–H and O–H groups in total. The molecule has 6 fully saturated rings. The first kappa shape index (κ1) is 20.0. The van der Waals surface area contributed by atoms with Crippen LogP contribution in [0.2, 0.25) is 0 Å². The molecule has 10 atom stereocenters. The van der Waals surface area contributed by atoms with Gasteiger partial charge in [-0.2, -0.15) is 0 Å². The summed E-state index contributed by atoms with van der Waals surface area (Å²) in [6, 6.07) is 0. The number of hydrogen-bond donors (Lipinski definition) is 1.